The molecule has 1 aromatic heterocycles. The average molecular weight is 403 g/mol. The first-order chi connectivity index (χ1) is 14.6. The molecule has 2 unspecified atom stereocenters. The number of amides is 1. The fourth-order valence-electron chi connectivity index (χ4n) is 4.40. The van der Waals surface area contributed by atoms with Crippen LogP contribution in [0.15, 0.2) is 70.9 Å². The summed E-state index contributed by atoms with van der Waals surface area (Å²) in [6, 6.07) is 15.8. The standard InChI is InChI=1S/C24H21NO5/c26-22(18-10-3-7-15-6-1-2-9-17(15)18)20-21(19-11-5-13-30-19)25(24(28)23(20)27)14-16-8-4-12-29-16/h1-3,5-7,9-11,13,16,21,26H,4,8,12,14H2/b22-20-. The Morgan fingerprint density at radius 2 is 1.90 bits per heavy atom. The van der Waals surface area contributed by atoms with Crippen molar-refractivity contribution in [2.45, 2.75) is 25.0 Å². The molecular weight excluding hydrogens is 382 g/mol. The second kappa shape index (κ2) is 7.46. The number of aliphatic hydroxyl groups excluding tert-OH is 1. The molecule has 0 spiro atoms. The van der Waals surface area contributed by atoms with Crippen molar-refractivity contribution in [1.82, 2.24) is 4.90 Å². The van der Waals surface area contributed by atoms with E-state index in [-0.39, 0.29) is 24.0 Å². The van der Waals surface area contributed by atoms with Gasteiger partial charge >= 0.3 is 0 Å². The maximum Gasteiger partial charge on any atom is 0.295 e. The van der Waals surface area contributed by atoms with Crippen LogP contribution in [-0.2, 0) is 14.3 Å². The highest BCUT2D eigenvalue weighted by Crippen LogP contribution is 2.41. The van der Waals surface area contributed by atoms with Gasteiger partial charge in [0.15, 0.2) is 0 Å². The lowest BCUT2D eigenvalue weighted by Crippen LogP contribution is -2.36. The number of furan rings is 1. The molecule has 2 saturated heterocycles. The third-order valence-corrected chi connectivity index (χ3v) is 5.82. The van der Waals surface area contributed by atoms with Crippen LogP contribution in [0.25, 0.3) is 16.5 Å². The van der Waals surface area contributed by atoms with Gasteiger partial charge in [0.2, 0.25) is 0 Å². The first kappa shape index (κ1) is 18.6. The van der Waals surface area contributed by atoms with Crippen molar-refractivity contribution in [2.24, 2.45) is 0 Å². The summed E-state index contributed by atoms with van der Waals surface area (Å²) in [7, 11) is 0. The van der Waals surface area contributed by atoms with Gasteiger partial charge in [0, 0.05) is 18.7 Å². The maximum atomic E-state index is 13.1. The smallest absolute Gasteiger partial charge is 0.295 e. The average Bonchev–Trinajstić information content (AvgIpc) is 3.52. The highest BCUT2D eigenvalue weighted by molar-refractivity contribution is 6.46. The van der Waals surface area contributed by atoms with Crippen LogP contribution in [0.5, 0.6) is 0 Å². The molecule has 2 aromatic carbocycles. The summed E-state index contributed by atoms with van der Waals surface area (Å²) in [5, 5.41) is 13.0. The Balaban J connectivity index is 1.66. The number of nitrogens with zero attached hydrogens (tertiary/aromatic N) is 1. The molecule has 0 bridgehead atoms. The highest BCUT2D eigenvalue weighted by Gasteiger charge is 2.48. The van der Waals surface area contributed by atoms with Gasteiger partial charge in [-0.25, -0.2) is 0 Å². The van der Waals surface area contributed by atoms with E-state index in [1.165, 1.54) is 11.2 Å². The molecule has 2 atom stereocenters. The van der Waals surface area contributed by atoms with Gasteiger partial charge in [0.25, 0.3) is 11.7 Å². The first-order valence-corrected chi connectivity index (χ1v) is 10.1. The van der Waals surface area contributed by atoms with Gasteiger partial charge in [-0.05, 0) is 35.7 Å². The Labute approximate surface area is 173 Å². The van der Waals surface area contributed by atoms with Crippen molar-refractivity contribution in [3.05, 3.63) is 77.8 Å². The second-order valence-corrected chi connectivity index (χ2v) is 7.63. The summed E-state index contributed by atoms with van der Waals surface area (Å²) in [6.45, 7) is 0.929. The Morgan fingerprint density at radius 1 is 1.07 bits per heavy atom. The van der Waals surface area contributed by atoms with E-state index in [1.807, 2.05) is 36.4 Å². The molecule has 0 aliphatic carbocycles. The lowest BCUT2D eigenvalue weighted by atomic mass is 9.96. The van der Waals surface area contributed by atoms with E-state index in [4.69, 9.17) is 9.15 Å². The van der Waals surface area contributed by atoms with Crippen LogP contribution in [-0.4, -0.2) is 41.0 Å². The van der Waals surface area contributed by atoms with Crippen molar-refractivity contribution >= 4 is 28.2 Å². The number of carbonyl (C=O) groups is 2. The molecule has 152 valence electrons. The second-order valence-electron chi connectivity index (χ2n) is 7.63. The fraction of sp³-hybridized carbons (Fsp3) is 0.250. The summed E-state index contributed by atoms with van der Waals surface area (Å²) in [5.41, 5.74) is 0.559. The largest absolute Gasteiger partial charge is 0.507 e. The third-order valence-electron chi connectivity index (χ3n) is 5.82. The summed E-state index contributed by atoms with van der Waals surface area (Å²) >= 11 is 0. The normalized spacial score (nSPS) is 23.5. The van der Waals surface area contributed by atoms with E-state index in [0.29, 0.717) is 17.9 Å². The molecule has 6 heteroatoms. The van der Waals surface area contributed by atoms with E-state index in [2.05, 4.69) is 0 Å². The number of carbonyl (C=O) groups excluding carboxylic acids is 2. The molecule has 2 aliphatic rings. The van der Waals surface area contributed by atoms with Crippen LogP contribution in [0.3, 0.4) is 0 Å². The van der Waals surface area contributed by atoms with Crippen LogP contribution in [0.4, 0.5) is 0 Å². The van der Waals surface area contributed by atoms with Gasteiger partial charge in [-0.3, -0.25) is 9.59 Å². The molecule has 3 aromatic rings. The Hall–Kier alpha value is -3.38. The molecule has 1 N–H and O–H groups in total. The predicted molar refractivity (Wildman–Crippen MR) is 111 cm³/mol. The maximum absolute atomic E-state index is 13.1. The zero-order chi connectivity index (χ0) is 20.7. The minimum atomic E-state index is -0.789. The van der Waals surface area contributed by atoms with Crippen molar-refractivity contribution in [3.8, 4) is 0 Å². The molecule has 0 radical (unpaired) electrons. The van der Waals surface area contributed by atoms with E-state index in [0.717, 1.165) is 23.6 Å². The van der Waals surface area contributed by atoms with Crippen molar-refractivity contribution < 1.29 is 23.8 Å². The lowest BCUT2D eigenvalue weighted by Gasteiger charge is -2.25. The number of hydrogen-bond acceptors (Lipinski definition) is 5. The lowest BCUT2D eigenvalue weighted by molar-refractivity contribution is -0.141. The summed E-state index contributed by atoms with van der Waals surface area (Å²) < 4.78 is 11.3. The molecule has 6 nitrogen and oxygen atoms in total. The van der Waals surface area contributed by atoms with Crippen LogP contribution in [0, 0.1) is 0 Å². The molecule has 2 aliphatic heterocycles. The Bertz CT molecular complexity index is 1140. The van der Waals surface area contributed by atoms with Crippen molar-refractivity contribution in [2.75, 3.05) is 13.2 Å². The number of likely N-dealkylation sites (tertiary alicyclic amines) is 1. The van der Waals surface area contributed by atoms with Crippen LogP contribution < -0.4 is 0 Å². The third kappa shape index (κ3) is 3.00. The Kier molecular flexibility index (Phi) is 4.64. The van der Waals surface area contributed by atoms with Crippen LogP contribution in [0.1, 0.15) is 30.2 Å². The summed E-state index contributed by atoms with van der Waals surface area (Å²) in [6.07, 6.45) is 3.13. The number of aliphatic hydroxyl groups is 1. The zero-order valence-corrected chi connectivity index (χ0v) is 16.3. The van der Waals surface area contributed by atoms with E-state index in [9.17, 15) is 14.7 Å². The Morgan fingerprint density at radius 3 is 2.67 bits per heavy atom. The summed E-state index contributed by atoms with van der Waals surface area (Å²) in [4.78, 5) is 27.5. The zero-order valence-electron chi connectivity index (χ0n) is 16.3. The predicted octanol–water partition coefficient (Wildman–Crippen LogP) is 4.03. The van der Waals surface area contributed by atoms with Crippen molar-refractivity contribution in [1.29, 1.82) is 0 Å². The monoisotopic (exact) mass is 403 g/mol. The van der Waals surface area contributed by atoms with Crippen LogP contribution >= 0.6 is 0 Å². The topological polar surface area (TPSA) is 80.0 Å². The molecular formula is C24H21NO5. The number of fused-ring (bicyclic) bond motifs is 1. The molecule has 3 heterocycles. The van der Waals surface area contributed by atoms with E-state index in [1.54, 1.807) is 18.2 Å². The minimum Gasteiger partial charge on any atom is -0.507 e. The molecule has 2 fully saturated rings. The van der Waals surface area contributed by atoms with E-state index < -0.39 is 17.7 Å². The van der Waals surface area contributed by atoms with Gasteiger partial charge in [-0.15, -0.1) is 0 Å². The van der Waals surface area contributed by atoms with Gasteiger partial charge in [0.05, 0.1) is 17.9 Å². The van der Waals surface area contributed by atoms with Crippen molar-refractivity contribution in [3.63, 3.8) is 0 Å². The molecule has 5 rings (SSSR count). The van der Waals surface area contributed by atoms with Gasteiger partial charge in [-0.1, -0.05) is 42.5 Å². The van der Waals surface area contributed by atoms with Crippen LogP contribution in [0.2, 0.25) is 0 Å². The molecule has 30 heavy (non-hydrogen) atoms. The number of Topliss-reactive ketones (excluding diaryl/α,β-unsaturated/α-hetero) is 1. The van der Waals surface area contributed by atoms with Gasteiger partial charge in [0.1, 0.15) is 17.6 Å². The minimum absolute atomic E-state index is 0.0456. The number of rotatable bonds is 4. The number of hydrogen-bond donors (Lipinski definition) is 1. The van der Waals surface area contributed by atoms with Gasteiger partial charge in [-0.2, -0.15) is 0 Å². The highest BCUT2D eigenvalue weighted by atomic mass is 16.5. The summed E-state index contributed by atoms with van der Waals surface area (Å²) in [5.74, 6) is -1.11. The number of benzene rings is 2. The van der Waals surface area contributed by atoms with Gasteiger partial charge < -0.3 is 19.2 Å². The first-order valence-electron chi connectivity index (χ1n) is 10.1. The van der Waals surface area contributed by atoms with E-state index >= 15 is 0 Å². The SMILES string of the molecule is O=C1C(=O)N(CC2CCCO2)C(c2ccco2)/C1=C(/O)c1cccc2ccccc12. The number of ketones is 1. The molecule has 0 saturated carbocycles. The molecule has 1 amide bonds. The fourth-order valence-corrected chi connectivity index (χ4v) is 4.40. The quantitative estimate of drug-likeness (QED) is 0.404. The number of ether oxygens (including phenoxy) is 1.